The van der Waals surface area contributed by atoms with Crippen LogP contribution in [0.25, 0.3) is 0 Å². The Morgan fingerprint density at radius 2 is 1.95 bits per heavy atom. The number of hydrogen-bond acceptors (Lipinski definition) is 5. The summed E-state index contributed by atoms with van der Waals surface area (Å²) in [6.45, 7) is 9.35. The van der Waals surface area contributed by atoms with E-state index >= 15 is 0 Å². The Morgan fingerprint density at radius 3 is 2.36 bits per heavy atom. The maximum Gasteiger partial charge on any atom is 0.270 e. The van der Waals surface area contributed by atoms with Gasteiger partial charge in [0.25, 0.3) is 5.69 Å². The molecular weight excluding hydrogens is 284 g/mol. The Bertz CT molecular complexity index is 574. The van der Waals surface area contributed by atoms with E-state index in [2.05, 4.69) is 4.99 Å². The molecule has 0 fully saturated rings. The van der Waals surface area contributed by atoms with Gasteiger partial charge < -0.3 is 10.2 Å². The first-order valence-corrected chi connectivity index (χ1v) is 7.23. The standard InChI is InChI=1S/C16H24N2O4/c1-10(2)14(9-19)17-8-11-6-12(18(21)22)7-13(15(11)20)16(3,4)5/h6-8,10,14,19-20H,9H2,1-5H3/t14-/m1/s1. The summed E-state index contributed by atoms with van der Waals surface area (Å²) in [5, 5.41) is 30.8. The van der Waals surface area contributed by atoms with Crippen molar-refractivity contribution in [2.45, 2.75) is 46.1 Å². The highest BCUT2D eigenvalue weighted by molar-refractivity contribution is 5.85. The van der Waals surface area contributed by atoms with Gasteiger partial charge >= 0.3 is 0 Å². The highest BCUT2D eigenvalue weighted by Gasteiger charge is 2.24. The van der Waals surface area contributed by atoms with Crippen molar-refractivity contribution < 1.29 is 15.1 Å². The molecule has 22 heavy (non-hydrogen) atoms. The fraction of sp³-hybridized carbons (Fsp3) is 0.562. The summed E-state index contributed by atoms with van der Waals surface area (Å²) in [5.74, 6) is 0.117. The van der Waals surface area contributed by atoms with Crippen LogP contribution in [0.1, 0.15) is 45.7 Å². The zero-order chi connectivity index (χ0) is 17.1. The SMILES string of the molecule is CC(C)[C@@H](CO)N=Cc1cc([N+](=O)[O-])cc(C(C)(C)C)c1O. The van der Waals surface area contributed by atoms with Crippen LogP contribution in [0, 0.1) is 16.0 Å². The molecule has 1 rings (SSSR count). The number of nitro benzene ring substituents is 1. The molecule has 1 atom stereocenters. The molecule has 1 aromatic rings. The largest absolute Gasteiger partial charge is 0.507 e. The van der Waals surface area contributed by atoms with Crippen LogP contribution in [0.15, 0.2) is 17.1 Å². The maximum atomic E-state index is 11.1. The van der Waals surface area contributed by atoms with Gasteiger partial charge in [0.1, 0.15) is 5.75 Å². The van der Waals surface area contributed by atoms with E-state index in [1.54, 1.807) is 0 Å². The first-order valence-electron chi connectivity index (χ1n) is 7.23. The smallest absolute Gasteiger partial charge is 0.270 e. The normalized spacial score (nSPS) is 13.8. The number of hydrogen-bond donors (Lipinski definition) is 2. The van der Waals surface area contributed by atoms with Gasteiger partial charge in [0.2, 0.25) is 0 Å². The van der Waals surface area contributed by atoms with Crippen LogP contribution >= 0.6 is 0 Å². The Morgan fingerprint density at radius 1 is 1.36 bits per heavy atom. The Balaban J connectivity index is 3.38. The van der Waals surface area contributed by atoms with Crippen LogP contribution in [0.3, 0.4) is 0 Å². The summed E-state index contributed by atoms with van der Waals surface area (Å²) >= 11 is 0. The number of aliphatic hydroxyl groups is 1. The number of phenolic OH excluding ortho intramolecular Hbond substituents is 1. The zero-order valence-electron chi connectivity index (χ0n) is 13.7. The summed E-state index contributed by atoms with van der Waals surface area (Å²) in [4.78, 5) is 14.8. The topological polar surface area (TPSA) is 96.0 Å². The maximum absolute atomic E-state index is 11.1. The quantitative estimate of drug-likeness (QED) is 0.496. The third-order valence-electron chi connectivity index (χ3n) is 3.50. The average molecular weight is 308 g/mol. The van der Waals surface area contributed by atoms with E-state index in [0.29, 0.717) is 11.1 Å². The molecule has 0 unspecified atom stereocenters. The number of phenols is 1. The first-order chi connectivity index (χ1) is 10.1. The van der Waals surface area contributed by atoms with Crippen molar-refractivity contribution in [3.8, 4) is 5.75 Å². The number of benzene rings is 1. The van der Waals surface area contributed by atoms with Gasteiger partial charge in [-0.3, -0.25) is 15.1 Å². The van der Waals surface area contributed by atoms with Crippen molar-refractivity contribution >= 4 is 11.9 Å². The second kappa shape index (κ2) is 6.87. The highest BCUT2D eigenvalue weighted by atomic mass is 16.6. The van der Waals surface area contributed by atoms with Gasteiger partial charge in [-0.15, -0.1) is 0 Å². The lowest BCUT2D eigenvalue weighted by Gasteiger charge is -2.21. The number of nitrogens with zero attached hydrogens (tertiary/aromatic N) is 2. The first kappa shape index (κ1) is 18.1. The summed E-state index contributed by atoms with van der Waals surface area (Å²) < 4.78 is 0. The van der Waals surface area contributed by atoms with Gasteiger partial charge in [0.15, 0.2) is 0 Å². The molecule has 0 aromatic heterocycles. The number of aromatic hydroxyl groups is 1. The minimum absolute atomic E-state index is 0.0118. The molecule has 0 bridgehead atoms. The van der Waals surface area contributed by atoms with E-state index in [1.807, 2.05) is 34.6 Å². The molecule has 0 saturated heterocycles. The molecule has 0 aliphatic rings. The van der Waals surface area contributed by atoms with Gasteiger partial charge in [0.05, 0.1) is 17.6 Å². The van der Waals surface area contributed by atoms with Crippen molar-refractivity contribution in [1.29, 1.82) is 0 Å². The molecule has 2 N–H and O–H groups in total. The van der Waals surface area contributed by atoms with Crippen molar-refractivity contribution in [3.63, 3.8) is 0 Å². The Labute approximate surface area is 130 Å². The number of aliphatic hydroxyl groups excluding tert-OH is 1. The lowest BCUT2D eigenvalue weighted by atomic mass is 9.85. The third-order valence-corrected chi connectivity index (χ3v) is 3.50. The number of rotatable bonds is 5. The monoisotopic (exact) mass is 308 g/mol. The lowest BCUT2D eigenvalue weighted by Crippen LogP contribution is -2.18. The van der Waals surface area contributed by atoms with Crippen molar-refractivity contribution in [2.24, 2.45) is 10.9 Å². The Hall–Kier alpha value is -1.95. The van der Waals surface area contributed by atoms with E-state index < -0.39 is 10.3 Å². The van der Waals surface area contributed by atoms with E-state index in [9.17, 15) is 20.3 Å². The molecule has 0 aliphatic carbocycles. The second-order valence-electron chi connectivity index (χ2n) is 6.71. The number of nitro groups is 1. The summed E-state index contributed by atoms with van der Waals surface area (Å²) in [7, 11) is 0. The molecule has 0 amide bonds. The summed E-state index contributed by atoms with van der Waals surface area (Å²) in [6.07, 6.45) is 1.40. The van der Waals surface area contributed by atoms with Gasteiger partial charge in [0, 0.05) is 29.5 Å². The third kappa shape index (κ3) is 4.27. The molecule has 0 saturated carbocycles. The average Bonchev–Trinajstić information content (AvgIpc) is 2.38. The molecule has 6 heteroatoms. The predicted molar refractivity (Wildman–Crippen MR) is 86.8 cm³/mol. The molecule has 122 valence electrons. The lowest BCUT2D eigenvalue weighted by molar-refractivity contribution is -0.385. The minimum Gasteiger partial charge on any atom is -0.507 e. The predicted octanol–water partition coefficient (Wildman–Crippen LogP) is 3.03. The summed E-state index contributed by atoms with van der Waals surface area (Å²) in [5.41, 5.74) is 0.258. The van der Waals surface area contributed by atoms with Gasteiger partial charge in [-0.2, -0.15) is 0 Å². The molecule has 1 aromatic carbocycles. The van der Waals surface area contributed by atoms with Crippen LogP contribution in [0.4, 0.5) is 5.69 Å². The van der Waals surface area contributed by atoms with E-state index in [0.717, 1.165) is 0 Å². The van der Waals surface area contributed by atoms with E-state index in [1.165, 1.54) is 18.3 Å². The molecular formula is C16H24N2O4. The highest BCUT2D eigenvalue weighted by Crippen LogP contribution is 2.36. The number of non-ortho nitro benzene ring substituents is 1. The van der Waals surface area contributed by atoms with Crippen molar-refractivity contribution in [1.82, 2.24) is 0 Å². The molecule has 0 spiro atoms. The van der Waals surface area contributed by atoms with Gasteiger partial charge in [-0.05, 0) is 11.3 Å². The van der Waals surface area contributed by atoms with Crippen LogP contribution in [-0.2, 0) is 5.41 Å². The van der Waals surface area contributed by atoms with Crippen molar-refractivity contribution in [2.75, 3.05) is 6.61 Å². The van der Waals surface area contributed by atoms with Crippen LogP contribution in [-0.4, -0.2) is 34.0 Å². The van der Waals surface area contributed by atoms with Gasteiger partial charge in [-0.1, -0.05) is 34.6 Å². The molecule has 0 aliphatic heterocycles. The van der Waals surface area contributed by atoms with Crippen LogP contribution in [0.5, 0.6) is 5.75 Å². The van der Waals surface area contributed by atoms with E-state index in [-0.39, 0.29) is 30.0 Å². The number of aliphatic imine (C=N–C) groups is 1. The van der Waals surface area contributed by atoms with Crippen LogP contribution < -0.4 is 0 Å². The zero-order valence-corrected chi connectivity index (χ0v) is 13.7. The van der Waals surface area contributed by atoms with Gasteiger partial charge in [-0.25, -0.2) is 0 Å². The fourth-order valence-corrected chi connectivity index (χ4v) is 2.02. The fourth-order valence-electron chi connectivity index (χ4n) is 2.02. The molecule has 0 heterocycles. The van der Waals surface area contributed by atoms with E-state index in [4.69, 9.17) is 0 Å². The minimum atomic E-state index is -0.488. The Kier molecular flexibility index (Phi) is 5.65. The van der Waals surface area contributed by atoms with Crippen molar-refractivity contribution in [3.05, 3.63) is 33.4 Å². The summed E-state index contributed by atoms with van der Waals surface area (Å²) in [6, 6.07) is 2.37. The second-order valence-corrected chi connectivity index (χ2v) is 6.71. The van der Waals surface area contributed by atoms with Crippen LogP contribution in [0.2, 0.25) is 0 Å². The molecule has 0 radical (unpaired) electrons. The molecule has 6 nitrogen and oxygen atoms in total.